The maximum Gasteiger partial charge on any atom is 0.303 e. The minimum absolute atomic E-state index is 0.0339. The highest BCUT2D eigenvalue weighted by molar-refractivity contribution is 8.13. The van der Waals surface area contributed by atoms with Gasteiger partial charge in [0, 0.05) is 17.1 Å². The molecule has 5 nitrogen and oxygen atoms in total. The van der Waals surface area contributed by atoms with E-state index in [9.17, 15) is 13.2 Å². The third kappa shape index (κ3) is 4.72. The highest BCUT2D eigenvalue weighted by atomic mass is 35.7. The van der Waals surface area contributed by atoms with E-state index in [1.54, 1.807) is 19.9 Å². The summed E-state index contributed by atoms with van der Waals surface area (Å²) in [5.41, 5.74) is 1.13. The van der Waals surface area contributed by atoms with Crippen molar-refractivity contribution < 1.29 is 23.1 Å². The Labute approximate surface area is 116 Å². The molecule has 0 bridgehead atoms. The van der Waals surface area contributed by atoms with Crippen LogP contribution in [0.4, 0.5) is 0 Å². The van der Waals surface area contributed by atoms with Gasteiger partial charge in [0.05, 0.1) is 11.5 Å². The van der Waals surface area contributed by atoms with Gasteiger partial charge in [0.15, 0.2) is 0 Å². The van der Waals surface area contributed by atoms with E-state index in [0.717, 1.165) is 0 Å². The maximum atomic E-state index is 11.3. The molecule has 19 heavy (non-hydrogen) atoms. The summed E-state index contributed by atoms with van der Waals surface area (Å²) in [6, 6.07) is 3.04. The molecule has 0 aliphatic rings. The molecule has 0 saturated carbocycles. The molecule has 0 spiro atoms. The summed E-state index contributed by atoms with van der Waals surface area (Å²) < 4.78 is 28.1. The highest BCUT2D eigenvalue weighted by Crippen LogP contribution is 2.27. The molecule has 0 saturated heterocycles. The summed E-state index contributed by atoms with van der Waals surface area (Å²) in [5.74, 6) is -0.341. The number of aryl methyl sites for hydroxylation is 2. The molecule has 1 rings (SSSR count). The van der Waals surface area contributed by atoms with Gasteiger partial charge in [0.2, 0.25) is 0 Å². The van der Waals surface area contributed by atoms with Crippen LogP contribution in [0, 0.1) is 13.8 Å². The van der Waals surface area contributed by atoms with E-state index in [0.29, 0.717) is 23.3 Å². The van der Waals surface area contributed by atoms with E-state index in [2.05, 4.69) is 0 Å². The summed E-state index contributed by atoms with van der Waals surface area (Å²) in [6.45, 7) is 3.59. The minimum Gasteiger partial charge on any atom is -0.493 e. The third-order valence-electron chi connectivity index (χ3n) is 2.53. The monoisotopic (exact) mass is 306 g/mol. The number of halogens is 1. The Morgan fingerprint density at radius 2 is 1.95 bits per heavy atom. The zero-order valence-electron chi connectivity index (χ0n) is 10.6. The molecule has 1 N–H and O–H groups in total. The van der Waals surface area contributed by atoms with Crippen LogP contribution < -0.4 is 4.74 Å². The lowest BCUT2D eigenvalue weighted by atomic mass is 10.1. The van der Waals surface area contributed by atoms with Crippen molar-refractivity contribution in [2.75, 3.05) is 6.61 Å². The van der Waals surface area contributed by atoms with Crippen LogP contribution in [0.2, 0.25) is 0 Å². The van der Waals surface area contributed by atoms with Crippen LogP contribution in [0.25, 0.3) is 0 Å². The Hall–Kier alpha value is -1.27. The first-order chi connectivity index (χ1) is 8.71. The molecule has 7 heteroatoms. The van der Waals surface area contributed by atoms with Crippen LogP contribution in [0.1, 0.15) is 24.0 Å². The van der Waals surface area contributed by atoms with E-state index in [1.807, 2.05) is 0 Å². The van der Waals surface area contributed by atoms with Crippen LogP contribution in [-0.4, -0.2) is 26.1 Å². The molecular weight excluding hydrogens is 292 g/mol. The van der Waals surface area contributed by atoms with Gasteiger partial charge >= 0.3 is 5.97 Å². The van der Waals surface area contributed by atoms with E-state index < -0.39 is 15.0 Å². The predicted octanol–water partition coefficient (Wildman–Crippen LogP) is 2.47. The Morgan fingerprint density at radius 1 is 1.32 bits per heavy atom. The molecule has 106 valence electrons. The van der Waals surface area contributed by atoms with Crippen LogP contribution >= 0.6 is 10.7 Å². The van der Waals surface area contributed by atoms with E-state index in [4.69, 9.17) is 20.5 Å². The second-order valence-corrected chi connectivity index (χ2v) is 6.70. The van der Waals surface area contributed by atoms with Gasteiger partial charge in [-0.05, 0) is 43.5 Å². The second kappa shape index (κ2) is 6.25. The summed E-state index contributed by atoms with van der Waals surface area (Å²) in [5, 5.41) is 8.50. The number of benzene rings is 1. The fraction of sp³-hybridized carbons (Fsp3) is 0.417. The van der Waals surface area contributed by atoms with Gasteiger partial charge in [0.1, 0.15) is 5.75 Å². The fourth-order valence-corrected chi connectivity index (χ4v) is 2.85. The first-order valence-corrected chi connectivity index (χ1v) is 7.93. The van der Waals surface area contributed by atoms with Crippen LogP contribution in [0.15, 0.2) is 17.0 Å². The van der Waals surface area contributed by atoms with Crippen molar-refractivity contribution in [1.29, 1.82) is 0 Å². The molecule has 1 aromatic carbocycles. The van der Waals surface area contributed by atoms with Crippen molar-refractivity contribution in [2.24, 2.45) is 0 Å². The summed E-state index contributed by atoms with van der Waals surface area (Å²) >= 11 is 0. The minimum atomic E-state index is -3.77. The lowest BCUT2D eigenvalue weighted by molar-refractivity contribution is -0.137. The van der Waals surface area contributed by atoms with Crippen molar-refractivity contribution in [3.63, 3.8) is 0 Å². The number of hydrogen-bond donors (Lipinski definition) is 1. The average Bonchev–Trinajstić information content (AvgIpc) is 2.26. The molecule has 0 unspecified atom stereocenters. The van der Waals surface area contributed by atoms with Crippen LogP contribution in [0.3, 0.4) is 0 Å². The van der Waals surface area contributed by atoms with Crippen LogP contribution in [-0.2, 0) is 13.8 Å². The molecule has 0 amide bonds. The molecule has 0 fully saturated rings. The Bertz CT molecular complexity index is 580. The van der Waals surface area contributed by atoms with Crippen molar-refractivity contribution in [3.8, 4) is 5.75 Å². The van der Waals surface area contributed by atoms with Gasteiger partial charge in [-0.3, -0.25) is 4.79 Å². The molecule has 0 aliphatic carbocycles. The first kappa shape index (κ1) is 15.8. The zero-order valence-corrected chi connectivity index (χ0v) is 12.2. The highest BCUT2D eigenvalue weighted by Gasteiger charge is 2.16. The SMILES string of the molecule is Cc1cc(S(=O)(=O)Cl)c(C)cc1OCCCC(=O)O. The van der Waals surface area contributed by atoms with Gasteiger partial charge in [-0.2, -0.15) is 0 Å². The topological polar surface area (TPSA) is 80.7 Å². The number of carboxylic acid groups (broad SMARTS) is 1. The summed E-state index contributed by atoms with van der Waals surface area (Å²) in [4.78, 5) is 10.4. The van der Waals surface area contributed by atoms with Gasteiger partial charge in [0.25, 0.3) is 9.05 Å². The average molecular weight is 307 g/mol. The molecule has 0 atom stereocenters. The van der Waals surface area contributed by atoms with Crippen molar-refractivity contribution in [1.82, 2.24) is 0 Å². The smallest absolute Gasteiger partial charge is 0.303 e. The number of carbonyl (C=O) groups is 1. The molecule has 1 aromatic rings. The first-order valence-electron chi connectivity index (χ1n) is 5.62. The number of carboxylic acids is 1. The predicted molar refractivity (Wildman–Crippen MR) is 71.3 cm³/mol. The second-order valence-electron chi connectivity index (χ2n) is 4.17. The maximum absolute atomic E-state index is 11.3. The fourth-order valence-electron chi connectivity index (χ4n) is 1.59. The molecular formula is C12H15ClO5S. The van der Waals surface area contributed by atoms with E-state index in [-0.39, 0.29) is 17.9 Å². The molecule has 0 radical (unpaired) electrons. The number of hydrogen-bond acceptors (Lipinski definition) is 4. The van der Waals surface area contributed by atoms with Crippen molar-refractivity contribution in [3.05, 3.63) is 23.3 Å². The largest absolute Gasteiger partial charge is 0.493 e. The Balaban J connectivity index is 2.82. The van der Waals surface area contributed by atoms with E-state index >= 15 is 0 Å². The number of ether oxygens (including phenoxy) is 1. The summed E-state index contributed by atoms with van der Waals surface area (Å²) in [6.07, 6.45) is 0.426. The van der Waals surface area contributed by atoms with Crippen molar-refractivity contribution in [2.45, 2.75) is 31.6 Å². The summed E-state index contributed by atoms with van der Waals surface area (Å²) in [7, 11) is 1.55. The van der Waals surface area contributed by atoms with E-state index in [1.165, 1.54) is 6.07 Å². The third-order valence-corrected chi connectivity index (χ3v) is 3.99. The van der Waals surface area contributed by atoms with Gasteiger partial charge in [-0.1, -0.05) is 0 Å². The van der Waals surface area contributed by atoms with Crippen molar-refractivity contribution >= 4 is 25.7 Å². The van der Waals surface area contributed by atoms with Crippen LogP contribution in [0.5, 0.6) is 5.75 Å². The normalized spacial score (nSPS) is 11.3. The number of aliphatic carboxylic acids is 1. The lowest BCUT2D eigenvalue weighted by Gasteiger charge is -2.11. The van der Waals surface area contributed by atoms with Gasteiger partial charge in [-0.25, -0.2) is 8.42 Å². The molecule has 0 heterocycles. The Kier molecular flexibility index (Phi) is 5.20. The quantitative estimate of drug-likeness (QED) is 0.645. The van der Waals surface area contributed by atoms with Gasteiger partial charge in [-0.15, -0.1) is 0 Å². The molecule has 0 aromatic heterocycles. The zero-order chi connectivity index (χ0) is 14.6. The lowest BCUT2D eigenvalue weighted by Crippen LogP contribution is -2.04. The Morgan fingerprint density at radius 3 is 2.47 bits per heavy atom. The number of rotatable bonds is 6. The molecule has 0 aliphatic heterocycles. The van der Waals surface area contributed by atoms with Gasteiger partial charge < -0.3 is 9.84 Å². The standard InChI is InChI=1S/C12H15ClO5S/c1-8-7-11(19(13,16)17)9(2)6-10(8)18-5-3-4-12(14)15/h6-7H,3-5H2,1-2H3,(H,14,15).